The molecule has 2 aromatic heterocycles. The highest BCUT2D eigenvalue weighted by Crippen LogP contribution is 2.44. The van der Waals surface area contributed by atoms with Gasteiger partial charge in [-0.15, -0.1) is 23.1 Å². The number of nitrogens with one attached hydrogen (secondary N) is 1. The summed E-state index contributed by atoms with van der Waals surface area (Å²) in [5.41, 5.74) is 2.78. The second-order valence-corrected chi connectivity index (χ2v) is 7.67. The summed E-state index contributed by atoms with van der Waals surface area (Å²) in [4.78, 5) is 4.08. The van der Waals surface area contributed by atoms with Crippen LogP contribution in [0.2, 0.25) is 0 Å². The Balaban J connectivity index is 1.77. The van der Waals surface area contributed by atoms with Crippen LogP contribution in [-0.2, 0) is 0 Å². The van der Waals surface area contributed by atoms with E-state index in [0.29, 0.717) is 17.3 Å². The topological polar surface area (TPSA) is 24.9 Å². The van der Waals surface area contributed by atoms with E-state index in [-0.39, 0.29) is 0 Å². The smallest absolute Gasteiger partial charge is 0.0649 e. The molecule has 19 heavy (non-hydrogen) atoms. The molecule has 1 aliphatic rings. The Morgan fingerprint density at radius 1 is 1.32 bits per heavy atom. The molecular formula is C15H18N2S2. The Labute approximate surface area is 122 Å². The number of aromatic nitrogens is 1. The molecule has 3 rings (SSSR count). The molecule has 3 heterocycles. The molecule has 1 N–H and O–H groups in total. The normalized spacial score (nSPS) is 23.9. The van der Waals surface area contributed by atoms with Crippen LogP contribution in [0.4, 0.5) is 0 Å². The van der Waals surface area contributed by atoms with Crippen molar-refractivity contribution < 1.29 is 0 Å². The molecule has 1 aliphatic heterocycles. The van der Waals surface area contributed by atoms with Gasteiger partial charge in [-0.2, -0.15) is 0 Å². The van der Waals surface area contributed by atoms with Gasteiger partial charge in [-0.05, 0) is 48.1 Å². The van der Waals surface area contributed by atoms with Crippen LogP contribution >= 0.6 is 23.1 Å². The minimum Gasteiger partial charge on any atom is -0.303 e. The van der Waals surface area contributed by atoms with E-state index in [2.05, 4.69) is 47.7 Å². The predicted octanol–water partition coefficient (Wildman–Crippen LogP) is 4.42. The van der Waals surface area contributed by atoms with Crippen LogP contribution in [0.1, 0.15) is 43.5 Å². The first-order valence-electron chi connectivity index (χ1n) is 6.64. The van der Waals surface area contributed by atoms with Crippen LogP contribution in [0.15, 0.2) is 40.2 Å². The monoisotopic (exact) mass is 290 g/mol. The summed E-state index contributed by atoms with van der Waals surface area (Å²) in [6.45, 7) is 4.55. The molecule has 0 radical (unpaired) electrons. The van der Waals surface area contributed by atoms with Crippen LogP contribution in [0.3, 0.4) is 0 Å². The maximum Gasteiger partial charge on any atom is 0.0649 e. The third kappa shape index (κ3) is 2.86. The SMILES string of the molecule is C[C@H](NC1C[C@H](C)Sc2sccc21)c1ccncc1. The van der Waals surface area contributed by atoms with Crippen LogP contribution in [0.5, 0.6) is 0 Å². The molecule has 0 fully saturated rings. The van der Waals surface area contributed by atoms with E-state index in [9.17, 15) is 0 Å². The molecular weight excluding hydrogens is 272 g/mol. The number of thiophene rings is 1. The molecule has 1 unspecified atom stereocenters. The van der Waals surface area contributed by atoms with E-state index >= 15 is 0 Å². The van der Waals surface area contributed by atoms with Gasteiger partial charge in [-0.1, -0.05) is 6.92 Å². The molecule has 4 heteroatoms. The van der Waals surface area contributed by atoms with Gasteiger partial charge in [-0.3, -0.25) is 4.98 Å². The number of fused-ring (bicyclic) bond motifs is 1. The maximum atomic E-state index is 4.08. The number of hydrogen-bond donors (Lipinski definition) is 1. The first-order chi connectivity index (χ1) is 9.24. The Hall–Kier alpha value is -0.840. The molecule has 100 valence electrons. The van der Waals surface area contributed by atoms with Crippen LogP contribution in [-0.4, -0.2) is 10.2 Å². The average Bonchev–Trinajstić information content (AvgIpc) is 2.88. The summed E-state index contributed by atoms with van der Waals surface area (Å²) in [6.07, 6.45) is 4.93. The van der Waals surface area contributed by atoms with Crippen molar-refractivity contribution in [2.75, 3.05) is 0 Å². The highest BCUT2D eigenvalue weighted by Gasteiger charge is 2.27. The molecule has 0 aromatic carbocycles. The number of rotatable bonds is 3. The van der Waals surface area contributed by atoms with E-state index in [1.165, 1.54) is 21.8 Å². The Bertz CT molecular complexity index is 538. The highest BCUT2D eigenvalue weighted by molar-refractivity contribution is 8.01. The van der Waals surface area contributed by atoms with E-state index in [1.807, 2.05) is 35.5 Å². The molecule has 2 nitrogen and oxygen atoms in total. The van der Waals surface area contributed by atoms with Gasteiger partial charge in [-0.25, -0.2) is 0 Å². The van der Waals surface area contributed by atoms with Gasteiger partial charge in [0.05, 0.1) is 4.21 Å². The lowest BCUT2D eigenvalue weighted by Gasteiger charge is -2.30. The fourth-order valence-corrected chi connectivity index (χ4v) is 5.12. The molecule has 0 saturated carbocycles. The first-order valence-corrected chi connectivity index (χ1v) is 8.40. The molecule has 0 spiro atoms. The largest absolute Gasteiger partial charge is 0.303 e. The van der Waals surface area contributed by atoms with Crippen molar-refractivity contribution in [2.24, 2.45) is 0 Å². The molecule has 0 bridgehead atoms. The number of hydrogen-bond acceptors (Lipinski definition) is 4. The summed E-state index contributed by atoms with van der Waals surface area (Å²) in [5, 5.41) is 6.67. The van der Waals surface area contributed by atoms with Crippen molar-refractivity contribution in [3.63, 3.8) is 0 Å². The molecule has 2 aromatic rings. The lowest BCUT2D eigenvalue weighted by Crippen LogP contribution is -2.28. The van der Waals surface area contributed by atoms with Crippen LogP contribution < -0.4 is 5.32 Å². The quantitative estimate of drug-likeness (QED) is 0.906. The van der Waals surface area contributed by atoms with Crippen molar-refractivity contribution in [2.45, 2.75) is 41.8 Å². The van der Waals surface area contributed by atoms with Crippen molar-refractivity contribution >= 4 is 23.1 Å². The minimum atomic E-state index is 0.357. The number of thioether (sulfide) groups is 1. The van der Waals surface area contributed by atoms with Gasteiger partial charge < -0.3 is 5.32 Å². The molecule has 0 aliphatic carbocycles. The zero-order valence-corrected chi connectivity index (χ0v) is 12.8. The van der Waals surface area contributed by atoms with Crippen LogP contribution in [0.25, 0.3) is 0 Å². The molecule has 0 saturated heterocycles. The zero-order valence-electron chi connectivity index (χ0n) is 11.2. The van der Waals surface area contributed by atoms with Crippen molar-refractivity contribution in [3.8, 4) is 0 Å². The first kappa shape index (κ1) is 13.2. The van der Waals surface area contributed by atoms with Gasteiger partial charge in [0, 0.05) is 29.7 Å². The standard InChI is InChI=1S/C15H18N2S2/c1-10-9-14(13-5-8-18-15(13)19-10)17-11(2)12-3-6-16-7-4-12/h3-8,10-11,14,17H,9H2,1-2H3/t10-,11-,14?/m0/s1. The van der Waals surface area contributed by atoms with Gasteiger partial charge in [0.15, 0.2) is 0 Å². The van der Waals surface area contributed by atoms with Gasteiger partial charge >= 0.3 is 0 Å². The van der Waals surface area contributed by atoms with Crippen molar-refractivity contribution in [3.05, 3.63) is 47.1 Å². The summed E-state index contributed by atoms with van der Waals surface area (Å²) in [5.74, 6) is 0. The van der Waals surface area contributed by atoms with Gasteiger partial charge in [0.1, 0.15) is 0 Å². The second-order valence-electron chi connectivity index (χ2n) is 5.05. The molecule has 0 amide bonds. The minimum absolute atomic E-state index is 0.357. The third-order valence-corrected chi connectivity index (χ3v) is 5.91. The van der Waals surface area contributed by atoms with E-state index in [1.54, 1.807) is 0 Å². The van der Waals surface area contributed by atoms with E-state index in [0.717, 1.165) is 0 Å². The summed E-state index contributed by atoms with van der Waals surface area (Å²) in [7, 11) is 0. The average molecular weight is 290 g/mol. The molecule has 3 atom stereocenters. The van der Waals surface area contributed by atoms with E-state index in [4.69, 9.17) is 0 Å². The maximum absolute atomic E-state index is 4.08. The fraction of sp³-hybridized carbons (Fsp3) is 0.400. The highest BCUT2D eigenvalue weighted by atomic mass is 32.2. The van der Waals surface area contributed by atoms with Gasteiger partial charge in [0.25, 0.3) is 0 Å². The lowest BCUT2D eigenvalue weighted by atomic mass is 10.0. The number of pyridine rings is 1. The summed E-state index contributed by atoms with van der Waals surface area (Å²) >= 11 is 3.88. The zero-order chi connectivity index (χ0) is 13.2. The van der Waals surface area contributed by atoms with Crippen LogP contribution in [0, 0.1) is 0 Å². The lowest BCUT2D eigenvalue weighted by molar-refractivity contribution is 0.435. The Morgan fingerprint density at radius 3 is 2.89 bits per heavy atom. The predicted molar refractivity (Wildman–Crippen MR) is 82.8 cm³/mol. The third-order valence-electron chi connectivity index (χ3n) is 3.57. The van der Waals surface area contributed by atoms with E-state index < -0.39 is 0 Å². The van der Waals surface area contributed by atoms with Crippen molar-refractivity contribution in [1.82, 2.24) is 10.3 Å². The Kier molecular flexibility index (Phi) is 3.91. The van der Waals surface area contributed by atoms with Gasteiger partial charge in [0.2, 0.25) is 0 Å². The number of nitrogens with zero attached hydrogens (tertiary/aromatic N) is 1. The second kappa shape index (κ2) is 5.65. The summed E-state index contributed by atoms with van der Waals surface area (Å²) in [6, 6.07) is 7.28. The van der Waals surface area contributed by atoms with Crippen molar-refractivity contribution in [1.29, 1.82) is 0 Å². The summed E-state index contributed by atoms with van der Waals surface area (Å²) < 4.78 is 1.48. The fourth-order valence-electron chi connectivity index (χ4n) is 2.56. The Morgan fingerprint density at radius 2 is 2.11 bits per heavy atom.